The highest BCUT2D eigenvalue weighted by molar-refractivity contribution is 5.79. The summed E-state index contributed by atoms with van der Waals surface area (Å²) in [4.78, 5) is 25.8. The zero-order chi connectivity index (χ0) is 37.6. The van der Waals surface area contributed by atoms with E-state index in [4.69, 9.17) is 42.6 Å². The molecule has 0 radical (unpaired) electrons. The Kier molecular flexibility index (Phi) is 24.5. The van der Waals surface area contributed by atoms with Crippen LogP contribution in [-0.2, 0) is 47.4 Å². The molecule has 0 saturated carbocycles. The van der Waals surface area contributed by atoms with Gasteiger partial charge < -0.3 is 47.5 Å². The highest BCUT2D eigenvalue weighted by Crippen LogP contribution is 2.44. The summed E-state index contributed by atoms with van der Waals surface area (Å²) < 4.78 is 49.4. The van der Waals surface area contributed by atoms with E-state index < -0.39 is 0 Å². The van der Waals surface area contributed by atoms with E-state index in [1.807, 2.05) is 24.3 Å². The Morgan fingerprint density at radius 1 is 0.528 bits per heavy atom. The zero-order valence-electron chi connectivity index (χ0n) is 32.1. The van der Waals surface area contributed by atoms with E-state index in [0.717, 1.165) is 12.8 Å². The maximum absolute atomic E-state index is 12.6. The first-order valence-electron chi connectivity index (χ1n) is 19.4. The van der Waals surface area contributed by atoms with Gasteiger partial charge in [-0.3, -0.25) is 4.79 Å². The molecule has 298 valence electrons. The van der Waals surface area contributed by atoms with Crippen molar-refractivity contribution in [3.05, 3.63) is 59.7 Å². The van der Waals surface area contributed by atoms with Gasteiger partial charge in [-0.1, -0.05) is 87.6 Å². The van der Waals surface area contributed by atoms with Gasteiger partial charge in [0.05, 0.1) is 92.5 Å². The van der Waals surface area contributed by atoms with E-state index in [1.165, 1.54) is 52.8 Å². The zero-order valence-corrected chi connectivity index (χ0v) is 32.1. The molecule has 12 nitrogen and oxygen atoms in total. The van der Waals surface area contributed by atoms with Crippen LogP contribution >= 0.6 is 0 Å². The van der Waals surface area contributed by atoms with Crippen molar-refractivity contribution in [2.75, 3.05) is 119 Å². The van der Waals surface area contributed by atoms with Gasteiger partial charge >= 0.3 is 12.1 Å². The first-order chi connectivity index (χ1) is 26.1. The third-order valence-electron chi connectivity index (χ3n) is 8.68. The Morgan fingerprint density at radius 3 is 1.43 bits per heavy atom. The molecule has 0 unspecified atom stereocenters. The summed E-state index contributed by atoms with van der Waals surface area (Å²) in [5.74, 6) is -0.110. The van der Waals surface area contributed by atoms with Crippen molar-refractivity contribution in [1.29, 1.82) is 0 Å². The number of rotatable bonds is 33. The third-order valence-corrected chi connectivity index (χ3v) is 8.68. The van der Waals surface area contributed by atoms with Crippen LogP contribution in [-0.4, -0.2) is 136 Å². The molecule has 3 rings (SSSR count). The third kappa shape index (κ3) is 19.2. The Hall–Kier alpha value is -3.10. The van der Waals surface area contributed by atoms with Gasteiger partial charge in [-0.05, 0) is 28.7 Å². The summed E-state index contributed by atoms with van der Waals surface area (Å²) in [5.41, 5.74) is 4.79. The first-order valence-corrected chi connectivity index (χ1v) is 19.4. The molecule has 1 aliphatic carbocycles. The summed E-state index contributed by atoms with van der Waals surface area (Å²) in [5, 5.41) is 0. The number of carbonyl (C=O) groups is 2. The molecule has 12 heteroatoms. The molecule has 0 aromatic heterocycles. The fraction of sp³-hybridized carbons (Fsp3) is 0.659. The number of amides is 1. The number of esters is 1. The molecule has 0 aliphatic heterocycles. The summed E-state index contributed by atoms with van der Waals surface area (Å²) in [7, 11) is 1.71. The molecule has 53 heavy (non-hydrogen) atoms. The monoisotopic (exact) mass is 745 g/mol. The number of nitrogens with zero attached hydrogens (tertiary/aromatic N) is 1. The quantitative estimate of drug-likeness (QED) is 0.0607. The maximum atomic E-state index is 12.6. The fourth-order valence-corrected chi connectivity index (χ4v) is 5.75. The smallest absolute Gasteiger partial charge is 0.409 e. The van der Waals surface area contributed by atoms with Crippen LogP contribution in [0, 0.1) is 0 Å². The lowest BCUT2D eigenvalue weighted by atomic mass is 9.98. The number of benzene rings is 2. The summed E-state index contributed by atoms with van der Waals surface area (Å²) >= 11 is 0. The Labute approximate surface area is 316 Å². The molecule has 2 aromatic carbocycles. The van der Waals surface area contributed by atoms with Crippen molar-refractivity contribution in [3.63, 3.8) is 0 Å². The molecule has 1 amide bonds. The summed E-state index contributed by atoms with van der Waals surface area (Å²) in [6.45, 7) is 9.55. The van der Waals surface area contributed by atoms with E-state index in [1.54, 1.807) is 7.05 Å². The normalized spacial score (nSPS) is 12.1. The highest BCUT2D eigenvalue weighted by atomic mass is 16.6. The van der Waals surface area contributed by atoms with Crippen LogP contribution in [0.25, 0.3) is 11.1 Å². The van der Waals surface area contributed by atoms with E-state index >= 15 is 0 Å². The minimum Gasteiger partial charge on any atom is -0.463 e. The summed E-state index contributed by atoms with van der Waals surface area (Å²) in [6, 6.07) is 16.6. The molecule has 0 fully saturated rings. The standard InChI is InChI=1S/C41H63NO11/c1-3-4-5-6-7-8-17-40(43)52-33-32-51-31-30-50-29-28-49-27-26-48-25-24-47-23-22-46-21-20-45-19-18-42(2)41(44)53-34-39-37-15-11-9-13-35(37)36-14-10-12-16-38(36)39/h9-16,39H,3-8,17-34H2,1-2H3. The number of likely N-dealkylation sites (N-methyl/N-ethyl adjacent to an activating group) is 1. The van der Waals surface area contributed by atoms with Crippen LogP contribution in [0.2, 0.25) is 0 Å². The molecule has 1 aliphatic rings. The van der Waals surface area contributed by atoms with Crippen molar-refractivity contribution < 1.29 is 52.2 Å². The van der Waals surface area contributed by atoms with Crippen LogP contribution in [0.1, 0.15) is 68.9 Å². The van der Waals surface area contributed by atoms with E-state index in [0.29, 0.717) is 112 Å². The Bertz CT molecular complexity index is 1200. The van der Waals surface area contributed by atoms with Gasteiger partial charge in [0.2, 0.25) is 0 Å². The van der Waals surface area contributed by atoms with Gasteiger partial charge in [0.25, 0.3) is 0 Å². The van der Waals surface area contributed by atoms with Crippen molar-refractivity contribution >= 4 is 12.1 Å². The number of unbranched alkanes of at least 4 members (excludes halogenated alkanes) is 5. The molecule has 0 spiro atoms. The molecule has 0 N–H and O–H groups in total. The van der Waals surface area contributed by atoms with Crippen molar-refractivity contribution in [1.82, 2.24) is 4.90 Å². The van der Waals surface area contributed by atoms with Crippen LogP contribution in [0.3, 0.4) is 0 Å². The van der Waals surface area contributed by atoms with Crippen molar-refractivity contribution in [3.8, 4) is 11.1 Å². The molecular formula is C41H63NO11. The van der Waals surface area contributed by atoms with Gasteiger partial charge in [0.1, 0.15) is 13.2 Å². The van der Waals surface area contributed by atoms with Crippen LogP contribution in [0.5, 0.6) is 0 Å². The van der Waals surface area contributed by atoms with Crippen LogP contribution in [0.15, 0.2) is 48.5 Å². The lowest BCUT2D eigenvalue weighted by Gasteiger charge is -2.19. The minimum atomic E-state index is -0.365. The van der Waals surface area contributed by atoms with E-state index in [2.05, 4.69) is 31.2 Å². The molecule has 0 heterocycles. The number of hydrogen-bond donors (Lipinski definition) is 0. The van der Waals surface area contributed by atoms with Gasteiger partial charge in [-0.15, -0.1) is 0 Å². The first kappa shape index (κ1) is 44.3. The van der Waals surface area contributed by atoms with Crippen molar-refractivity contribution in [2.24, 2.45) is 0 Å². The number of hydrogen-bond acceptors (Lipinski definition) is 11. The second kappa shape index (κ2) is 29.3. The predicted octanol–water partition coefficient (Wildman–Crippen LogP) is 6.28. The van der Waals surface area contributed by atoms with Gasteiger partial charge in [-0.2, -0.15) is 0 Å². The number of ether oxygens (including phenoxy) is 9. The Balaban J connectivity index is 0.995. The maximum Gasteiger partial charge on any atom is 0.409 e. The van der Waals surface area contributed by atoms with Gasteiger partial charge in [-0.25, -0.2) is 4.79 Å². The van der Waals surface area contributed by atoms with Crippen LogP contribution in [0.4, 0.5) is 4.79 Å². The number of fused-ring (bicyclic) bond motifs is 3. The highest BCUT2D eigenvalue weighted by Gasteiger charge is 2.29. The predicted molar refractivity (Wildman–Crippen MR) is 202 cm³/mol. The molecular weight excluding hydrogens is 682 g/mol. The second-order valence-electron chi connectivity index (χ2n) is 12.8. The van der Waals surface area contributed by atoms with E-state index in [-0.39, 0.29) is 24.6 Å². The number of carbonyl (C=O) groups excluding carboxylic acids is 2. The largest absolute Gasteiger partial charge is 0.463 e. The topological polar surface area (TPSA) is 120 Å². The van der Waals surface area contributed by atoms with E-state index in [9.17, 15) is 9.59 Å². The molecule has 2 aromatic rings. The fourth-order valence-electron chi connectivity index (χ4n) is 5.75. The summed E-state index contributed by atoms with van der Waals surface area (Å²) in [6.07, 6.45) is 7.03. The minimum absolute atomic E-state index is 0.0380. The average molecular weight is 746 g/mol. The SMILES string of the molecule is CCCCCCCCC(=O)OCCOCCOCCOCCOCCOCCOCCOCCN(C)C(=O)OCC1c2ccccc2-c2ccccc21. The van der Waals surface area contributed by atoms with Gasteiger partial charge in [0.15, 0.2) is 0 Å². The molecule has 0 bridgehead atoms. The van der Waals surface area contributed by atoms with Crippen LogP contribution < -0.4 is 0 Å². The Morgan fingerprint density at radius 2 is 0.943 bits per heavy atom. The molecule has 0 atom stereocenters. The second-order valence-corrected chi connectivity index (χ2v) is 12.8. The average Bonchev–Trinajstić information content (AvgIpc) is 3.50. The lowest BCUT2D eigenvalue weighted by Crippen LogP contribution is -2.32. The van der Waals surface area contributed by atoms with Gasteiger partial charge in [0, 0.05) is 25.9 Å². The van der Waals surface area contributed by atoms with Crippen molar-refractivity contribution in [2.45, 2.75) is 57.8 Å². The lowest BCUT2D eigenvalue weighted by molar-refractivity contribution is -0.145. The molecule has 0 saturated heterocycles.